The number of unbranched alkanes of at least 4 members (excludes halogenated alkanes) is 47. The first-order valence-corrected chi connectivity index (χ1v) is 31.9. The molecule has 0 spiro atoms. The fraction of sp³-hybridized carbons (Fsp3) is 0.938. The van der Waals surface area contributed by atoms with Gasteiger partial charge >= 0.3 is 5.97 Å². The SMILES string of the molecule is CCCCCCCCCCCCCCCCCCCCCCCCCCC(O)C(CO)NC(=O)CCCCCCC/C=C\CCCCCCCCCOC(=O)CCCCCCCCCCCCCCC. The Kier molecular flexibility index (Phi) is 59.0. The minimum absolute atomic E-state index is 0.000107. The monoisotopic (exact) mass is 988 g/mol. The van der Waals surface area contributed by atoms with Crippen LogP contribution in [0, 0.1) is 0 Å². The highest BCUT2D eigenvalue weighted by Crippen LogP contribution is 2.18. The summed E-state index contributed by atoms with van der Waals surface area (Å²) in [5.41, 5.74) is 0. The number of hydrogen-bond donors (Lipinski definition) is 3. The summed E-state index contributed by atoms with van der Waals surface area (Å²) in [5, 5.41) is 23.4. The van der Waals surface area contributed by atoms with Gasteiger partial charge in [0.15, 0.2) is 0 Å². The Morgan fingerprint density at radius 1 is 0.386 bits per heavy atom. The minimum atomic E-state index is -0.675. The van der Waals surface area contributed by atoms with E-state index in [0.29, 0.717) is 25.9 Å². The van der Waals surface area contributed by atoms with Gasteiger partial charge in [-0.1, -0.05) is 309 Å². The van der Waals surface area contributed by atoms with Gasteiger partial charge in [-0.25, -0.2) is 0 Å². The van der Waals surface area contributed by atoms with Gasteiger partial charge in [-0.2, -0.15) is 0 Å². The number of carbonyl (C=O) groups is 2. The molecule has 0 aliphatic heterocycles. The number of hydrogen-bond acceptors (Lipinski definition) is 5. The van der Waals surface area contributed by atoms with Gasteiger partial charge in [0.2, 0.25) is 5.91 Å². The molecule has 0 rings (SSSR count). The largest absolute Gasteiger partial charge is 0.466 e. The number of nitrogens with one attached hydrogen (secondary N) is 1. The standard InChI is InChI=1S/C64H125NO5/c1-3-5-7-9-11-13-15-17-18-19-20-21-22-23-24-25-26-29-33-36-40-44-48-52-56-62(67)61(60-66)65-63(68)57-53-49-45-41-37-34-30-27-28-31-35-39-43-47-51-55-59-70-64(69)58-54-50-46-42-38-32-16-14-12-10-8-6-4-2/h27,30,61-62,66-67H,3-26,28-29,31-60H2,1-2H3,(H,65,68)/b30-27-. The van der Waals surface area contributed by atoms with Crippen molar-refractivity contribution >= 4 is 11.9 Å². The van der Waals surface area contributed by atoms with E-state index in [9.17, 15) is 19.8 Å². The summed E-state index contributed by atoms with van der Waals surface area (Å²) in [6.45, 7) is 4.96. The van der Waals surface area contributed by atoms with Crippen molar-refractivity contribution in [2.24, 2.45) is 0 Å². The Morgan fingerprint density at radius 3 is 1.01 bits per heavy atom. The van der Waals surface area contributed by atoms with E-state index < -0.39 is 12.1 Å². The molecule has 0 saturated carbocycles. The van der Waals surface area contributed by atoms with Crippen molar-refractivity contribution < 1.29 is 24.5 Å². The molecule has 3 N–H and O–H groups in total. The van der Waals surface area contributed by atoms with Crippen LogP contribution in [0.2, 0.25) is 0 Å². The van der Waals surface area contributed by atoms with E-state index in [1.54, 1.807) is 0 Å². The van der Waals surface area contributed by atoms with Gasteiger partial charge in [-0.05, 0) is 51.4 Å². The van der Waals surface area contributed by atoms with Crippen LogP contribution in [0.25, 0.3) is 0 Å². The van der Waals surface area contributed by atoms with Crippen molar-refractivity contribution in [3.05, 3.63) is 12.2 Å². The highest BCUT2D eigenvalue weighted by Gasteiger charge is 2.20. The quantitative estimate of drug-likeness (QED) is 0.0321. The Labute approximate surface area is 438 Å². The van der Waals surface area contributed by atoms with Crippen molar-refractivity contribution in [2.45, 2.75) is 373 Å². The number of ether oxygens (including phenoxy) is 1. The predicted molar refractivity (Wildman–Crippen MR) is 306 cm³/mol. The lowest BCUT2D eigenvalue weighted by Gasteiger charge is -2.22. The summed E-state index contributed by atoms with van der Waals surface area (Å²) in [4.78, 5) is 24.6. The van der Waals surface area contributed by atoms with Crippen molar-refractivity contribution in [1.82, 2.24) is 5.32 Å². The van der Waals surface area contributed by atoms with E-state index in [1.165, 1.54) is 263 Å². The van der Waals surface area contributed by atoms with Crippen LogP contribution in [0.3, 0.4) is 0 Å². The molecule has 1 amide bonds. The number of rotatable bonds is 60. The number of allylic oxidation sites excluding steroid dienone is 2. The maximum Gasteiger partial charge on any atom is 0.305 e. The molecule has 2 atom stereocenters. The molecule has 6 nitrogen and oxygen atoms in total. The van der Waals surface area contributed by atoms with Crippen LogP contribution in [0.5, 0.6) is 0 Å². The molecule has 6 heteroatoms. The molecule has 0 aromatic carbocycles. The van der Waals surface area contributed by atoms with Gasteiger partial charge in [-0.3, -0.25) is 9.59 Å². The average molecular weight is 989 g/mol. The molecule has 0 fully saturated rings. The normalized spacial score (nSPS) is 12.6. The molecule has 0 heterocycles. The predicted octanol–water partition coefficient (Wildman–Crippen LogP) is 20.0. The summed E-state index contributed by atoms with van der Waals surface area (Å²) in [7, 11) is 0. The molecule has 0 aromatic heterocycles. The molecular weight excluding hydrogens is 863 g/mol. The summed E-state index contributed by atoms with van der Waals surface area (Å²) >= 11 is 0. The smallest absolute Gasteiger partial charge is 0.305 e. The van der Waals surface area contributed by atoms with Crippen molar-refractivity contribution in [3.63, 3.8) is 0 Å². The number of amides is 1. The van der Waals surface area contributed by atoms with E-state index in [2.05, 4.69) is 31.3 Å². The second-order valence-electron chi connectivity index (χ2n) is 22.1. The van der Waals surface area contributed by atoms with Gasteiger partial charge in [0.25, 0.3) is 0 Å². The first-order valence-electron chi connectivity index (χ1n) is 31.9. The highest BCUT2D eigenvalue weighted by atomic mass is 16.5. The molecule has 2 unspecified atom stereocenters. The first-order chi connectivity index (χ1) is 34.5. The fourth-order valence-corrected chi connectivity index (χ4v) is 10.2. The number of carbonyl (C=O) groups excluding carboxylic acids is 2. The zero-order chi connectivity index (χ0) is 50.7. The molecule has 0 bridgehead atoms. The third-order valence-corrected chi connectivity index (χ3v) is 15.1. The molecular formula is C64H125NO5. The third kappa shape index (κ3) is 55.9. The lowest BCUT2D eigenvalue weighted by Crippen LogP contribution is -2.45. The van der Waals surface area contributed by atoms with Gasteiger partial charge in [0.1, 0.15) is 0 Å². The zero-order valence-corrected chi connectivity index (χ0v) is 47.5. The summed E-state index contributed by atoms with van der Waals surface area (Å²) in [6.07, 6.45) is 72.2. The lowest BCUT2D eigenvalue weighted by molar-refractivity contribution is -0.143. The second-order valence-corrected chi connectivity index (χ2v) is 22.1. The maximum atomic E-state index is 12.5. The van der Waals surface area contributed by atoms with Crippen LogP contribution < -0.4 is 5.32 Å². The van der Waals surface area contributed by atoms with Crippen molar-refractivity contribution in [1.29, 1.82) is 0 Å². The maximum absolute atomic E-state index is 12.5. The van der Waals surface area contributed by atoms with Crippen molar-refractivity contribution in [2.75, 3.05) is 13.2 Å². The summed E-state index contributed by atoms with van der Waals surface area (Å²) in [5.74, 6) is -0.0477. The van der Waals surface area contributed by atoms with Crippen LogP contribution >= 0.6 is 0 Å². The molecule has 70 heavy (non-hydrogen) atoms. The summed E-state index contributed by atoms with van der Waals surface area (Å²) < 4.78 is 5.47. The van der Waals surface area contributed by atoms with Crippen molar-refractivity contribution in [3.8, 4) is 0 Å². The van der Waals surface area contributed by atoms with Gasteiger partial charge in [-0.15, -0.1) is 0 Å². The molecule has 0 radical (unpaired) electrons. The van der Waals surface area contributed by atoms with Gasteiger partial charge < -0.3 is 20.3 Å². The van der Waals surface area contributed by atoms with Crippen LogP contribution in [0.15, 0.2) is 12.2 Å². The third-order valence-electron chi connectivity index (χ3n) is 15.1. The lowest BCUT2D eigenvalue weighted by atomic mass is 10.0. The Hall–Kier alpha value is -1.40. The minimum Gasteiger partial charge on any atom is -0.466 e. The van der Waals surface area contributed by atoms with E-state index in [0.717, 1.165) is 64.2 Å². The van der Waals surface area contributed by atoms with Crippen LogP contribution in [0.4, 0.5) is 0 Å². The fourth-order valence-electron chi connectivity index (χ4n) is 10.2. The molecule has 0 saturated heterocycles. The van der Waals surface area contributed by atoms with E-state index >= 15 is 0 Å². The topological polar surface area (TPSA) is 95.9 Å². The molecule has 0 aliphatic carbocycles. The Balaban J connectivity index is 3.45. The van der Waals surface area contributed by atoms with Gasteiger partial charge in [0.05, 0.1) is 25.4 Å². The highest BCUT2D eigenvalue weighted by molar-refractivity contribution is 5.76. The number of aliphatic hydroxyl groups is 2. The molecule has 416 valence electrons. The van der Waals surface area contributed by atoms with E-state index in [4.69, 9.17) is 4.74 Å². The number of esters is 1. The summed E-state index contributed by atoms with van der Waals surface area (Å²) in [6, 6.07) is -0.554. The van der Waals surface area contributed by atoms with Crippen LogP contribution in [-0.4, -0.2) is 47.4 Å². The Bertz CT molecular complexity index is 1050. The number of aliphatic hydroxyl groups excluding tert-OH is 2. The second kappa shape index (κ2) is 60.2. The molecule has 0 aliphatic rings. The van der Waals surface area contributed by atoms with E-state index in [1.807, 2.05) is 0 Å². The van der Waals surface area contributed by atoms with Gasteiger partial charge in [0, 0.05) is 12.8 Å². The van der Waals surface area contributed by atoms with Crippen LogP contribution in [0.1, 0.15) is 361 Å². The Morgan fingerprint density at radius 2 is 0.671 bits per heavy atom. The zero-order valence-electron chi connectivity index (χ0n) is 47.5. The molecule has 0 aromatic rings. The van der Waals surface area contributed by atoms with Crippen LogP contribution in [-0.2, 0) is 14.3 Å². The van der Waals surface area contributed by atoms with E-state index in [-0.39, 0.29) is 18.5 Å². The first kappa shape index (κ1) is 68.6. The average Bonchev–Trinajstić information content (AvgIpc) is 3.36.